The van der Waals surface area contributed by atoms with Gasteiger partial charge in [-0.25, -0.2) is 4.99 Å². The van der Waals surface area contributed by atoms with Crippen LogP contribution in [-0.4, -0.2) is 11.1 Å². The number of nitrogens with one attached hydrogen (secondary N) is 1. The lowest BCUT2D eigenvalue weighted by molar-refractivity contribution is -0.115. The van der Waals surface area contributed by atoms with Gasteiger partial charge in [-0.2, -0.15) is 0 Å². The summed E-state index contributed by atoms with van der Waals surface area (Å²) >= 11 is 9.65. The Labute approximate surface area is 203 Å². The Morgan fingerprint density at radius 1 is 1.10 bits per heavy atom. The summed E-state index contributed by atoms with van der Waals surface area (Å²) in [5.41, 5.74) is 3.77. The fraction of sp³-hybridized carbons (Fsp3) is 0.0833. The molecule has 1 fully saturated rings. The van der Waals surface area contributed by atoms with Crippen LogP contribution in [0.4, 0.5) is 5.69 Å². The standard InChI is InChI=1S/C24H18ClIN2O2S/c1-15-2-7-18(25)13-21(15)27-24-28-23(29)22(31-24)12-16-5-10-20(11-6-16)30-14-17-3-8-19(26)9-4-17/h2-13H,14H2,1H3,(H,27,28,29)/b22-12-. The molecule has 0 radical (unpaired) electrons. The third kappa shape index (κ3) is 5.90. The van der Waals surface area contributed by atoms with Crippen molar-refractivity contribution in [2.75, 3.05) is 0 Å². The summed E-state index contributed by atoms with van der Waals surface area (Å²) in [5, 5.41) is 3.96. The summed E-state index contributed by atoms with van der Waals surface area (Å²) in [6, 6.07) is 21.4. The van der Waals surface area contributed by atoms with Crippen molar-refractivity contribution < 1.29 is 9.53 Å². The number of thioether (sulfide) groups is 1. The average Bonchev–Trinajstić information content (AvgIpc) is 3.10. The average molecular weight is 561 g/mol. The summed E-state index contributed by atoms with van der Waals surface area (Å²) in [6.45, 7) is 2.47. The predicted octanol–water partition coefficient (Wildman–Crippen LogP) is 6.72. The van der Waals surface area contributed by atoms with Gasteiger partial charge >= 0.3 is 0 Å². The second kappa shape index (κ2) is 9.89. The van der Waals surface area contributed by atoms with Crippen LogP contribution in [0.25, 0.3) is 6.08 Å². The monoisotopic (exact) mass is 560 g/mol. The molecule has 0 atom stereocenters. The van der Waals surface area contributed by atoms with Crippen LogP contribution < -0.4 is 10.1 Å². The number of halogens is 2. The zero-order valence-corrected chi connectivity index (χ0v) is 20.3. The van der Waals surface area contributed by atoms with Crippen LogP contribution in [0.2, 0.25) is 5.02 Å². The fourth-order valence-corrected chi connectivity index (χ4v) is 4.21. The van der Waals surface area contributed by atoms with E-state index in [0.717, 1.165) is 28.1 Å². The highest BCUT2D eigenvalue weighted by molar-refractivity contribution is 14.1. The van der Waals surface area contributed by atoms with E-state index in [1.807, 2.05) is 49.4 Å². The molecule has 1 aliphatic heterocycles. The van der Waals surface area contributed by atoms with Gasteiger partial charge in [0.2, 0.25) is 0 Å². The summed E-state index contributed by atoms with van der Waals surface area (Å²) in [7, 11) is 0. The number of carbonyl (C=O) groups excluding carboxylic acids is 1. The van der Waals surface area contributed by atoms with Crippen molar-refractivity contribution in [3.05, 3.63) is 96.9 Å². The van der Waals surface area contributed by atoms with E-state index in [4.69, 9.17) is 16.3 Å². The van der Waals surface area contributed by atoms with E-state index < -0.39 is 0 Å². The second-order valence-corrected chi connectivity index (χ2v) is 9.61. The molecule has 0 aromatic heterocycles. The van der Waals surface area contributed by atoms with Crippen molar-refractivity contribution in [3.8, 4) is 5.75 Å². The Bertz CT molecular complexity index is 1180. The molecule has 1 N–H and O–H groups in total. The summed E-state index contributed by atoms with van der Waals surface area (Å²) in [6.07, 6.45) is 1.84. The number of hydrogen-bond donors (Lipinski definition) is 1. The van der Waals surface area contributed by atoms with Crippen molar-refractivity contribution in [1.29, 1.82) is 0 Å². The molecule has 0 unspecified atom stereocenters. The first-order chi connectivity index (χ1) is 15.0. The number of aliphatic imine (C=N–C) groups is 1. The molecule has 4 nitrogen and oxygen atoms in total. The molecule has 1 amide bonds. The molecule has 7 heteroatoms. The van der Waals surface area contributed by atoms with Gasteiger partial charge in [-0.1, -0.05) is 41.9 Å². The van der Waals surface area contributed by atoms with Gasteiger partial charge in [-0.3, -0.25) is 4.79 Å². The lowest BCUT2D eigenvalue weighted by atomic mass is 10.2. The van der Waals surface area contributed by atoms with Crippen molar-refractivity contribution >= 4 is 68.8 Å². The number of amidine groups is 1. The Morgan fingerprint density at radius 3 is 2.58 bits per heavy atom. The van der Waals surface area contributed by atoms with E-state index in [1.54, 1.807) is 6.07 Å². The van der Waals surface area contributed by atoms with Crippen LogP contribution in [-0.2, 0) is 11.4 Å². The number of benzene rings is 3. The molecule has 1 heterocycles. The molecule has 156 valence electrons. The number of hydrogen-bond acceptors (Lipinski definition) is 4. The number of rotatable bonds is 5. The normalized spacial score (nSPS) is 16.0. The molecule has 1 saturated heterocycles. The minimum atomic E-state index is -0.164. The number of aryl methyl sites for hydroxylation is 1. The largest absolute Gasteiger partial charge is 0.489 e. The van der Waals surface area contributed by atoms with E-state index in [2.05, 4.69) is 57.2 Å². The maximum absolute atomic E-state index is 12.3. The molecule has 3 aromatic carbocycles. The first-order valence-corrected chi connectivity index (χ1v) is 11.8. The number of carbonyl (C=O) groups is 1. The van der Waals surface area contributed by atoms with Crippen molar-refractivity contribution in [2.24, 2.45) is 4.99 Å². The predicted molar refractivity (Wildman–Crippen MR) is 137 cm³/mol. The smallest absolute Gasteiger partial charge is 0.264 e. The van der Waals surface area contributed by atoms with Crippen LogP contribution in [0.5, 0.6) is 5.75 Å². The van der Waals surface area contributed by atoms with Gasteiger partial charge in [-0.15, -0.1) is 0 Å². The summed E-state index contributed by atoms with van der Waals surface area (Å²) in [4.78, 5) is 17.5. The van der Waals surface area contributed by atoms with Gasteiger partial charge in [-0.05, 0) is 100 Å². The molecule has 1 aliphatic rings. The first kappa shape index (κ1) is 21.9. The highest BCUT2D eigenvalue weighted by atomic mass is 127. The zero-order chi connectivity index (χ0) is 21.8. The molecule has 0 spiro atoms. The lowest BCUT2D eigenvalue weighted by Gasteiger charge is -2.07. The van der Waals surface area contributed by atoms with Crippen molar-refractivity contribution in [3.63, 3.8) is 0 Å². The Hall–Kier alpha value is -2.29. The first-order valence-electron chi connectivity index (χ1n) is 9.49. The van der Waals surface area contributed by atoms with E-state index in [-0.39, 0.29) is 5.91 Å². The van der Waals surface area contributed by atoms with Gasteiger partial charge < -0.3 is 10.1 Å². The van der Waals surface area contributed by atoms with E-state index in [1.165, 1.54) is 15.3 Å². The quantitative estimate of drug-likeness (QED) is 0.278. The molecule has 0 aliphatic carbocycles. The highest BCUT2D eigenvalue weighted by Gasteiger charge is 2.24. The zero-order valence-electron chi connectivity index (χ0n) is 16.6. The van der Waals surface area contributed by atoms with E-state index >= 15 is 0 Å². The third-order valence-corrected chi connectivity index (χ3v) is 6.40. The van der Waals surface area contributed by atoms with Crippen LogP contribution in [0.1, 0.15) is 16.7 Å². The Morgan fingerprint density at radius 2 is 1.84 bits per heavy atom. The van der Waals surface area contributed by atoms with Gasteiger partial charge in [0.15, 0.2) is 5.17 Å². The lowest BCUT2D eigenvalue weighted by Crippen LogP contribution is -2.19. The van der Waals surface area contributed by atoms with Crippen molar-refractivity contribution in [2.45, 2.75) is 13.5 Å². The van der Waals surface area contributed by atoms with Crippen LogP contribution in [0.3, 0.4) is 0 Å². The SMILES string of the molecule is Cc1ccc(Cl)cc1N=C1NC(=O)/C(=C/c2ccc(OCc3ccc(I)cc3)cc2)S1. The van der Waals surface area contributed by atoms with E-state index in [9.17, 15) is 4.79 Å². The minimum Gasteiger partial charge on any atom is -0.489 e. The Balaban J connectivity index is 1.42. The molecule has 0 bridgehead atoms. The van der Waals surface area contributed by atoms with Gasteiger partial charge in [0, 0.05) is 8.59 Å². The molecule has 4 rings (SSSR count). The molecule has 31 heavy (non-hydrogen) atoms. The number of ether oxygens (including phenoxy) is 1. The molecule has 3 aromatic rings. The highest BCUT2D eigenvalue weighted by Crippen LogP contribution is 2.30. The van der Waals surface area contributed by atoms with Gasteiger partial charge in [0.05, 0.1) is 10.6 Å². The molecule has 0 saturated carbocycles. The van der Waals surface area contributed by atoms with Crippen molar-refractivity contribution in [1.82, 2.24) is 5.32 Å². The topological polar surface area (TPSA) is 50.7 Å². The minimum absolute atomic E-state index is 0.164. The van der Waals surface area contributed by atoms with E-state index in [0.29, 0.717) is 21.7 Å². The molecular formula is C24H18ClIN2O2S. The fourth-order valence-electron chi connectivity index (χ4n) is 2.85. The summed E-state index contributed by atoms with van der Waals surface area (Å²) in [5.74, 6) is 0.616. The Kier molecular flexibility index (Phi) is 6.99. The van der Waals surface area contributed by atoms with Crippen LogP contribution in [0, 0.1) is 10.5 Å². The number of nitrogens with zero attached hydrogens (tertiary/aromatic N) is 1. The summed E-state index contributed by atoms with van der Waals surface area (Å²) < 4.78 is 7.04. The van der Waals surface area contributed by atoms with Crippen LogP contribution in [0.15, 0.2) is 76.6 Å². The maximum atomic E-state index is 12.3. The van der Waals surface area contributed by atoms with Crippen LogP contribution >= 0.6 is 46.0 Å². The van der Waals surface area contributed by atoms with Gasteiger partial charge in [0.1, 0.15) is 12.4 Å². The molecular weight excluding hydrogens is 543 g/mol. The number of amides is 1. The maximum Gasteiger partial charge on any atom is 0.264 e. The third-order valence-electron chi connectivity index (χ3n) is 4.54. The second-order valence-electron chi connectivity index (χ2n) is 6.90. The van der Waals surface area contributed by atoms with Gasteiger partial charge in [0.25, 0.3) is 5.91 Å².